The third kappa shape index (κ3) is 2.69. The van der Waals surface area contributed by atoms with Crippen LogP contribution in [0.4, 0.5) is 0 Å². The fourth-order valence-corrected chi connectivity index (χ4v) is 2.77. The lowest BCUT2D eigenvalue weighted by Crippen LogP contribution is -2.07. The Hall–Kier alpha value is -0.880. The maximum absolute atomic E-state index is 10.9. The Labute approximate surface area is 110 Å². The van der Waals surface area contributed by atoms with Gasteiger partial charge in [-0.25, -0.2) is 8.42 Å². The van der Waals surface area contributed by atoms with Gasteiger partial charge in [-0.3, -0.25) is 0 Å². The summed E-state index contributed by atoms with van der Waals surface area (Å²) in [5, 5.41) is 3.97. The van der Waals surface area contributed by atoms with E-state index in [1.807, 2.05) is 19.1 Å². The molecule has 0 unspecified atom stereocenters. The van der Waals surface area contributed by atoms with Crippen molar-refractivity contribution in [2.24, 2.45) is 5.16 Å². The van der Waals surface area contributed by atoms with Gasteiger partial charge >= 0.3 is 0 Å². The predicted molar refractivity (Wildman–Crippen MR) is 70.0 cm³/mol. The van der Waals surface area contributed by atoms with E-state index in [2.05, 4.69) is 21.1 Å². The fraction of sp³-hybridized carbons (Fsp3) is 0.364. The number of thiol groups is 1. The second-order valence-corrected chi connectivity index (χ2v) is 5.65. The van der Waals surface area contributed by atoms with Gasteiger partial charge in [-0.05, 0) is 24.1 Å². The first-order valence-electron chi connectivity index (χ1n) is 5.18. The van der Waals surface area contributed by atoms with E-state index >= 15 is 0 Å². The molecule has 92 valence electrons. The van der Waals surface area contributed by atoms with E-state index in [9.17, 15) is 8.42 Å². The molecule has 2 rings (SSSR count). The first kappa shape index (κ1) is 12.6. The van der Waals surface area contributed by atoms with Crippen molar-refractivity contribution in [2.75, 3.05) is 6.61 Å². The highest BCUT2D eigenvalue weighted by atomic mass is 79.9. The molecule has 6 heteroatoms. The number of rotatable bonds is 3. The molecule has 0 amide bonds. The van der Waals surface area contributed by atoms with Gasteiger partial charge in [0.2, 0.25) is 0 Å². The number of hydrogen-bond acceptors (Lipinski definition) is 4. The zero-order valence-electron chi connectivity index (χ0n) is 9.27. The number of halogens is 1. The van der Waals surface area contributed by atoms with E-state index < -0.39 is 10.7 Å². The van der Waals surface area contributed by atoms with E-state index in [0.29, 0.717) is 6.61 Å². The Morgan fingerprint density at radius 1 is 1.47 bits per heavy atom. The Balaban J connectivity index is 2.55. The summed E-state index contributed by atoms with van der Waals surface area (Å²) in [6.45, 7) is 2.51. The first-order chi connectivity index (χ1) is 8.09. The summed E-state index contributed by atoms with van der Waals surface area (Å²) in [6.07, 6.45) is 0.722. The Morgan fingerprint density at radius 3 is 2.82 bits per heavy atom. The summed E-state index contributed by atoms with van der Waals surface area (Å²) in [5.41, 5.74) is 3.52. The van der Waals surface area contributed by atoms with Gasteiger partial charge in [0.1, 0.15) is 17.3 Å². The molecule has 0 saturated heterocycles. The van der Waals surface area contributed by atoms with E-state index in [4.69, 9.17) is 4.84 Å². The molecule has 4 nitrogen and oxygen atoms in total. The number of benzene rings is 1. The van der Waals surface area contributed by atoms with Gasteiger partial charge in [0.05, 0.1) is 11.5 Å². The van der Waals surface area contributed by atoms with Crippen molar-refractivity contribution >= 4 is 32.3 Å². The summed E-state index contributed by atoms with van der Waals surface area (Å²) in [6, 6.07) is 3.68. The molecule has 17 heavy (non-hydrogen) atoms. The van der Waals surface area contributed by atoms with Crippen LogP contribution in [0.2, 0.25) is 0 Å². The summed E-state index contributed by atoms with van der Waals surface area (Å²) < 4.78 is 22.7. The van der Waals surface area contributed by atoms with E-state index in [1.165, 1.54) is 0 Å². The summed E-state index contributed by atoms with van der Waals surface area (Å²) in [4.78, 5) is 4.99. The van der Waals surface area contributed by atoms with Crippen LogP contribution in [0.15, 0.2) is 21.8 Å². The minimum Gasteiger partial charge on any atom is -0.395 e. The quantitative estimate of drug-likeness (QED) is 0.867. The standard InChI is InChI=1S/C11H12BrNO3S/c1-7-9(12)3-2-8(6-17(14)15)11(7)10-4-5-16-13-10/h2-3,17H,4-6H2,1H3. The first-order valence-corrected chi connectivity index (χ1v) is 7.34. The molecule has 0 bridgehead atoms. The monoisotopic (exact) mass is 317 g/mol. The zero-order chi connectivity index (χ0) is 12.4. The molecular weight excluding hydrogens is 306 g/mol. The Morgan fingerprint density at radius 2 is 2.24 bits per heavy atom. The minimum atomic E-state index is -2.44. The van der Waals surface area contributed by atoms with Gasteiger partial charge in [0.25, 0.3) is 0 Å². The molecule has 1 heterocycles. The minimum absolute atomic E-state index is 0.0395. The molecule has 0 radical (unpaired) electrons. The van der Waals surface area contributed by atoms with Crippen molar-refractivity contribution in [3.8, 4) is 0 Å². The normalized spacial score (nSPS) is 14.9. The molecule has 1 aliphatic heterocycles. The highest BCUT2D eigenvalue weighted by Crippen LogP contribution is 2.26. The molecule has 1 aliphatic rings. The van der Waals surface area contributed by atoms with Crippen molar-refractivity contribution in [3.63, 3.8) is 0 Å². The largest absolute Gasteiger partial charge is 0.395 e. The van der Waals surface area contributed by atoms with E-state index in [1.54, 1.807) is 0 Å². The van der Waals surface area contributed by atoms with Crippen molar-refractivity contribution in [1.82, 2.24) is 0 Å². The third-order valence-corrected chi connectivity index (χ3v) is 4.14. The van der Waals surface area contributed by atoms with Gasteiger partial charge in [0, 0.05) is 16.5 Å². The molecular formula is C11H12BrNO3S. The van der Waals surface area contributed by atoms with Crippen LogP contribution in [0.1, 0.15) is 23.1 Å². The van der Waals surface area contributed by atoms with Crippen molar-refractivity contribution in [3.05, 3.63) is 33.3 Å². The molecule has 0 fully saturated rings. The Bertz CT molecular complexity index is 544. The van der Waals surface area contributed by atoms with Gasteiger partial charge in [-0.2, -0.15) is 0 Å². The molecule has 0 saturated carbocycles. The van der Waals surface area contributed by atoms with Crippen LogP contribution in [-0.4, -0.2) is 20.7 Å². The van der Waals surface area contributed by atoms with Gasteiger partial charge < -0.3 is 4.84 Å². The van der Waals surface area contributed by atoms with Gasteiger partial charge in [-0.15, -0.1) is 0 Å². The van der Waals surface area contributed by atoms with E-state index in [0.717, 1.165) is 33.3 Å². The summed E-state index contributed by atoms with van der Waals surface area (Å²) >= 11 is 3.45. The second-order valence-electron chi connectivity index (χ2n) is 3.82. The van der Waals surface area contributed by atoms with Crippen LogP contribution in [0, 0.1) is 6.92 Å². The van der Waals surface area contributed by atoms with Crippen molar-refractivity contribution in [2.45, 2.75) is 19.1 Å². The maximum Gasteiger partial charge on any atom is 0.144 e. The summed E-state index contributed by atoms with van der Waals surface area (Å²) in [5.74, 6) is 0.0395. The average Bonchev–Trinajstić information content (AvgIpc) is 2.76. The summed E-state index contributed by atoms with van der Waals surface area (Å²) in [7, 11) is -2.44. The molecule has 1 aromatic carbocycles. The lowest BCUT2D eigenvalue weighted by Gasteiger charge is -2.11. The number of hydrogen-bond donors (Lipinski definition) is 1. The van der Waals surface area contributed by atoms with Gasteiger partial charge in [0.15, 0.2) is 0 Å². The molecule has 0 atom stereocenters. The van der Waals surface area contributed by atoms with Crippen LogP contribution < -0.4 is 0 Å². The number of oxime groups is 1. The SMILES string of the molecule is Cc1c(Br)ccc(C[SH](=O)=O)c1C1=NOCC1. The molecule has 0 N–H and O–H groups in total. The lowest BCUT2D eigenvalue weighted by atomic mass is 9.97. The third-order valence-electron chi connectivity index (χ3n) is 2.68. The number of nitrogens with zero attached hydrogens (tertiary/aromatic N) is 1. The molecule has 1 aromatic rings. The van der Waals surface area contributed by atoms with E-state index in [-0.39, 0.29) is 5.75 Å². The molecule has 0 aromatic heterocycles. The van der Waals surface area contributed by atoms with Crippen molar-refractivity contribution < 1.29 is 13.3 Å². The zero-order valence-corrected chi connectivity index (χ0v) is 11.8. The fourth-order valence-electron chi connectivity index (χ4n) is 1.90. The van der Waals surface area contributed by atoms with Gasteiger partial charge in [-0.1, -0.05) is 27.2 Å². The Kier molecular flexibility index (Phi) is 3.83. The van der Waals surface area contributed by atoms with Crippen molar-refractivity contribution in [1.29, 1.82) is 0 Å². The predicted octanol–water partition coefficient (Wildman–Crippen LogP) is 1.99. The lowest BCUT2D eigenvalue weighted by molar-refractivity contribution is 0.174. The van der Waals surface area contributed by atoms with Crippen LogP contribution in [-0.2, 0) is 21.3 Å². The van der Waals surface area contributed by atoms with Crippen LogP contribution >= 0.6 is 15.9 Å². The topological polar surface area (TPSA) is 55.7 Å². The maximum atomic E-state index is 10.9. The second kappa shape index (κ2) is 5.18. The highest BCUT2D eigenvalue weighted by Gasteiger charge is 2.18. The van der Waals surface area contributed by atoms with Crippen LogP contribution in [0.25, 0.3) is 0 Å². The smallest absolute Gasteiger partial charge is 0.144 e. The molecule has 0 spiro atoms. The average molecular weight is 318 g/mol. The highest BCUT2D eigenvalue weighted by molar-refractivity contribution is 9.10. The van der Waals surface area contributed by atoms with Crippen LogP contribution in [0.5, 0.6) is 0 Å². The molecule has 0 aliphatic carbocycles. The van der Waals surface area contributed by atoms with Crippen LogP contribution in [0.3, 0.4) is 0 Å².